The smallest absolute Gasteiger partial charge is 0.268 e. The maximum Gasteiger partial charge on any atom is 0.268 e. The first-order chi connectivity index (χ1) is 10.3. The molecule has 116 valence electrons. The Morgan fingerprint density at radius 1 is 1.27 bits per heavy atom. The fourth-order valence-electron chi connectivity index (χ4n) is 2.63. The highest BCUT2D eigenvalue weighted by Gasteiger charge is 2.21. The molecule has 2 aromatic rings. The number of H-pyrrole nitrogens is 1. The summed E-state index contributed by atoms with van der Waals surface area (Å²) in [5.74, 6) is -0.284. The molecule has 0 bridgehead atoms. The van der Waals surface area contributed by atoms with Gasteiger partial charge in [0.1, 0.15) is 5.69 Å². The quantitative estimate of drug-likeness (QED) is 0.838. The standard InChI is InChI=1S/C17H19ClN2O2/c1-9-15(12(4)21)11(3)19-16(9)17(22)20-10(2)13-6-5-7-14(18)8-13/h5-8,10,19H,1-4H3,(H,20,22). The van der Waals surface area contributed by atoms with Gasteiger partial charge >= 0.3 is 0 Å². The highest BCUT2D eigenvalue weighted by atomic mass is 35.5. The number of ketones is 1. The first-order valence-electron chi connectivity index (χ1n) is 7.07. The van der Waals surface area contributed by atoms with E-state index in [1.165, 1.54) is 6.92 Å². The normalized spacial score (nSPS) is 12.0. The third-order valence-electron chi connectivity index (χ3n) is 3.71. The van der Waals surface area contributed by atoms with Crippen molar-refractivity contribution < 1.29 is 9.59 Å². The molecule has 4 nitrogen and oxygen atoms in total. The molecule has 22 heavy (non-hydrogen) atoms. The Bertz CT molecular complexity index is 734. The van der Waals surface area contributed by atoms with Gasteiger partial charge in [0.05, 0.1) is 6.04 Å². The fraction of sp³-hybridized carbons (Fsp3) is 0.294. The van der Waals surface area contributed by atoms with Crippen molar-refractivity contribution in [3.05, 3.63) is 57.4 Å². The summed E-state index contributed by atoms with van der Waals surface area (Å²) in [6, 6.07) is 7.18. The molecule has 0 spiro atoms. The van der Waals surface area contributed by atoms with E-state index in [1.807, 2.05) is 25.1 Å². The monoisotopic (exact) mass is 318 g/mol. The second kappa shape index (κ2) is 6.36. The van der Waals surface area contributed by atoms with Gasteiger partial charge in [-0.05, 0) is 51.0 Å². The Hall–Kier alpha value is -2.07. The van der Waals surface area contributed by atoms with Crippen molar-refractivity contribution in [1.82, 2.24) is 10.3 Å². The van der Waals surface area contributed by atoms with Crippen molar-refractivity contribution >= 4 is 23.3 Å². The lowest BCUT2D eigenvalue weighted by atomic mass is 10.1. The van der Waals surface area contributed by atoms with Gasteiger partial charge in [-0.3, -0.25) is 9.59 Å². The molecule has 0 aliphatic rings. The van der Waals surface area contributed by atoms with Gasteiger partial charge in [-0.15, -0.1) is 0 Å². The first kappa shape index (κ1) is 16.3. The second-order valence-corrected chi connectivity index (χ2v) is 5.87. The van der Waals surface area contributed by atoms with Gasteiger partial charge in [0.2, 0.25) is 0 Å². The molecule has 1 amide bonds. The first-order valence-corrected chi connectivity index (χ1v) is 7.45. The number of carbonyl (C=O) groups is 2. The minimum absolute atomic E-state index is 0.0480. The van der Waals surface area contributed by atoms with E-state index in [0.717, 1.165) is 5.56 Å². The molecule has 0 radical (unpaired) electrons. The Morgan fingerprint density at radius 3 is 2.50 bits per heavy atom. The molecule has 2 rings (SSSR count). The van der Waals surface area contributed by atoms with Crippen LogP contribution in [0.1, 0.15) is 57.6 Å². The van der Waals surface area contributed by atoms with E-state index in [4.69, 9.17) is 11.6 Å². The molecule has 1 aromatic carbocycles. The predicted octanol–water partition coefficient (Wildman–Crippen LogP) is 3.98. The maximum atomic E-state index is 12.4. The number of benzene rings is 1. The van der Waals surface area contributed by atoms with E-state index in [9.17, 15) is 9.59 Å². The third-order valence-corrected chi connectivity index (χ3v) is 3.95. The van der Waals surface area contributed by atoms with Gasteiger partial charge in [-0.1, -0.05) is 23.7 Å². The van der Waals surface area contributed by atoms with Crippen LogP contribution < -0.4 is 5.32 Å². The summed E-state index contributed by atoms with van der Waals surface area (Å²) in [4.78, 5) is 27.1. The Kier molecular flexibility index (Phi) is 4.71. The lowest BCUT2D eigenvalue weighted by Crippen LogP contribution is -2.27. The van der Waals surface area contributed by atoms with Gasteiger partial charge in [0.15, 0.2) is 5.78 Å². The zero-order valence-electron chi connectivity index (χ0n) is 13.1. The van der Waals surface area contributed by atoms with E-state index in [-0.39, 0.29) is 17.7 Å². The van der Waals surface area contributed by atoms with E-state index < -0.39 is 0 Å². The predicted molar refractivity (Wildman–Crippen MR) is 87.6 cm³/mol. The lowest BCUT2D eigenvalue weighted by Gasteiger charge is -2.14. The summed E-state index contributed by atoms with van der Waals surface area (Å²) < 4.78 is 0. The lowest BCUT2D eigenvalue weighted by molar-refractivity contribution is 0.0934. The van der Waals surface area contributed by atoms with Crippen LogP contribution in [0.4, 0.5) is 0 Å². The van der Waals surface area contributed by atoms with Crippen LogP contribution in [0, 0.1) is 13.8 Å². The number of Topliss-reactive ketones (excluding diaryl/α,β-unsaturated/α-hetero) is 1. The Labute approximate surface area is 134 Å². The number of halogens is 1. The maximum absolute atomic E-state index is 12.4. The molecule has 5 heteroatoms. The van der Waals surface area contributed by atoms with E-state index in [2.05, 4.69) is 10.3 Å². The molecule has 1 heterocycles. The molecule has 2 N–H and O–H groups in total. The summed E-state index contributed by atoms with van der Waals surface area (Å²) in [5.41, 5.74) is 3.33. The molecule has 0 fully saturated rings. The summed E-state index contributed by atoms with van der Waals surface area (Å²) >= 11 is 5.97. The Balaban J connectivity index is 2.23. The van der Waals surface area contributed by atoms with Crippen LogP contribution in [-0.2, 0) is 0 Å². The molecular weight excluding hydrogens is 300 g/mol. The molecule has 0 saturated heterocycles. The van der Waals surface area contributed by atoms with Crippen molar-refractivity contribution in [2.45, 2.75) is 33.7 Å². The number of hydrogen-bond acceptors (Lipinski definition) is 2. The average Bonchev–Trinajstić information content (AvgIpc) is 2.73. The summed E-state index contributed by atoms with van der Waals surface area (Å²) in [6.45, 7) is 6.96. The molecule has 0 saturated carbocycles. The van der Waals surface area contributed by atoms with Gasteiger partial charge in [0, 0.05) is 16.3 Å². The van der Waals surface area contributed by atoms with Crippen LogP contribution >= 0.6 is 11.6 Å². The molecule has 1 atom stereocenters. The zero-order valence-corrected chi connectivity index (χ0v) is 13.8. The number of nitrogens with one attached hydrogen (secondary N) is 2. The van der Waals surface area contributed by atoms with Crippen LogP contribution in [0.3, 0.4) is 0 Å². The molecular formula is C17H19ClN2O2. The van der Waals surface area contributed by atoms with E-state index in [1.54, 1.807) is 19.9 Å². The van der Waals surface area contributed by atoms with Crippen molar-refractivity contribution in [3.63, 3.8) is 0 Å². The van der Waals surface area contributed by atoms with Crippen LogP contribution in [0.15, 0.2) is 24.3 Å². The van der Waals surface area contributed by atoms with Crippen molar-refractivity contribution in [2.24, 2.45) is 0 Å². The summed E-state index contributed by atoms with van der Waals surface area (Å²) in [6.07, 6.45) is 0. The van der Waals surface area contributed by atoms with Crippen molar-refractivity contribution in [2.75, 3.05) is 0 Å². The third kappa shape index (κ3) is 3.22. The SMILES string of the molecule is CC(=O)c1c(C)[nH]c(C(=O)NC(C)c2cccc(Cl)c2)c1C. The van der Waals surface area contributed by atoms with Gasteiger partial charge in [-0.25, -0.2) is 0 Å². The van der Waals surface area contributed by atoms with Gasteiger partial charge < -0.3 is 10.3 Å². The van der Waals surface area contributed by atoms with E-state index in [0.29, 0.717) is 27.5 Å². The average molecular weight is 319 g/mol. The number of aromatic amines is 1. The number of aryl methyl sites for hydroxylation is 1. The van der Waals surface area contributed by atoms with Crippen LogP contribution in [0.2, 0.25) is 5.02 Å². The molecule has 0 aliphatic heterocycles. The van der Waals surface area contributed by atoms with Crippen LogP contribution in [0.25, 0.3) is 0 Å². The zero-order chi connectivity index (χ0) is 16.4. The number of aromatic nitrogens is 1. The van der Waals surface area contributed by atoms with E-state index >= 15 is 0 Å². The minimum atomic E-state index is -0.236. The molecule has 1 aromatic heterocycles. The minimum Gasteiger partial charge on any atom is -0.354 e. The highest BCUT2D eigenvalue weighted by Crippen LogP contribution is 2.21. The van der Waals surface area contributed by atoms with Gasteiger partial charge in [-0.2, -0.15) is 0 Å². The largest absolute Gasteiger partial charge is 0.354 e. The topological polar surface area (TPSA) is 62.0 Å². The number of hydrogen-bond donors (Lipinski definition) is 2. The summed E-state index contributed by atoms with van der Waals surface area (Å²) in [7, 11) is 0. The molecule has 0 aliphatic carbocycles. The van der Waals surface area contributed by atoms with Crippen molar-refractivity contribution in [3.8, 4) is 0 Å². The Morgan fingerprint density at radius 2 is 1.95 bits per heavy atom. The molecule has 1 unspecified atom stereocenters. The summed E-state index contributed by atoms with van der Waals surface area (Å²) in [5, 5.41) is 3.55. The highest BCUT2D eigenvalue weighted by molar-refractivity contribution is 6.30. The van der Waals surface area contributed by atoms with Gasteiger partial charge in [0.25, 0.3) is 5.91 Å². The van der Waals surface area contributed by atoms with Crippen molar-refractivity contribution in [1.29, 1.82) is 0 Å². The van der Waals surface area contributed by atoms with Crippen LogP contribution in [0.5, 0.6) is 0 Å². The number of rotatable bonds is 4. The number of carbonyl (C=O) groups excluding carboxylic acids is 2. The van der Waals surface area contributed by atoms with Crippen LogP contribution in [-0.4, -0.2) is 16.7 Å². The fourth-order valence-corrected chi connectivity index (χ4v) is 2.83. The second-order valence-electron chi connectivity index (χ2n) is 5.43. The number of amides is 1.